The van der Waals surface area contributed by atoms with Crippen LogP contribution >= 0.6 is 0 Å². The molecule has 0 fully saturated rings. The summed E-state index contributed by atoms with van der Waals surface area (Å²) in [6.45, 7) is 7.43. The Morgan fingerprint density at radius 2 is 1.78 bits per heavy atom. The molecular formula is C17H21N. The van der Waals surface area contributed by atoms with Gasteiger partial charge in [0.15, 0.2) is 0 Å². The summed E-state index contributed by atoms with van der Waals surface area (Å²) in [6.07, 6.45) is 0. The van der Waals surface area contributed by atoms with Gasteiger partial charge in [-0.2, -0.15) is 0 Å². The first-order valence-electron chi connectivity index (χ1n) is 6.51. The third-order valence-corrected chi connectivity index (χ3v) is 3.40. The van der Waals surface area contributed by atoms with Crippen molar-refractivity contribution in [3.05, 3.63) is 70.8 Å². The third-order valence-electron chi connectivity index (χ3n) is 3.40. The molecule has 1 nitrogen and oxygen atoms in total. The minimum Gasteiger partial charge on any atom is -0.306 e. The molecule has 0 spiro atoms. The van der Waals surface area contributed by atoms with E-state index in [0.29, 0.717) is 6.04 Å². The summed E-state index contributed by atoms with van der Waals surface area (Å²) >= 11 is 0. The number of benzene rings is 2. The van der Waals surface area contributed by atoms with Crippen LogP contribution in [0.4, 0.5) is 0 Å². The van der Waals surface area contributed by atoms with Crippen LogP contribution in [0, 0.1) is 13.8 Å². The lowest BCUT2D eigenvalue weighted by atomic mass is 10.0. The Kier molecular flexibility index (Phi) is 4.16. The minimum atomic E-state index is 0.379. The maximum absolute atomic E-state index is 3.58. The SMILES string of the molecule is Cc1cccc(C(C)NCc2ccccc2C)c1. The molecule has 0 aliphatic rings. The summed E-state index contributed by atoms with van der Waals surface area (Å²) in [7, 11) is 0. The van der Waals surface area contributed by atoms with Crippen LogP contribution < -0.4 is 5.32 Å². The number of hydrogen-bond donors (Lipinski definition) is 1. The zero-order valence-electron chi connectivity index (χ0n) is 11.4. The lowest BCUT2D eigenvalue weighted by Crippen LogP contribution is -2.18. The maximum Gasteiger partial charge on any atom is 0.0295 e. The van der Waals surface area contributed by atoms with Gasteiger partial charge in [-0.1, -0.05) is 54.1 Å². The molecule has 1 atom stereocenters. The lowest BCUT2D eigenvalue weighted by Gasteiger charge is -2.16. The zero-order valence-corrected chi connectivity index (χ0v) is 11.4. The van der Waals surface area contributed by atoms with Gasteiger partial charge in [-0.25, -0.2) is 0 Å². The first-order valence-corrected chi connectivity index (χ1v) is 6.51. The van der Waals surface area contributed by atoms with Gasteiger partial charge in [-0.05, 0) is 37.5 Å². The summed E-state index contributed by atoms with van der Waals surface area (Å²) in [4.78, 5) is 0. The van der Waals surface area contributed by atoms with Crippen LogP contribution in [0.3, 0.4) is 0 Å². The smallest absolute Gasteiger partial charge is 0.0295 e. The summed E-state index contributed by atoms with van der Waals surface area (Å²) in [6, 6.07) is 17.6. The highest BCUT2D eigenvalue weighted by Crippen LogP contribution is 2.15. The number of nitrogens with one attached hydrogen (secondary N) is 1. The predicted octanol–water partition coefficient (Wildman–Crippen LogP) is 4.15. The normalized spacial score (nSPS) is 12.4. The molecule has 1 unspecified atom stereocenters. The molecule has 2 rings (SSSR count). The fraction of sp³-hybridized carbons (Fsp3) is 0.294. The molecule has 0 aromatic heterocycles. The number of hydrogen-bond acceptors (Lipinski definition) is 1. The largest absolute Gasteiger partial charge is 0.306 e. The molecule has 0 heterocycles. The molecule has 18 heavy (non-hydrogen) atoms. The van der Waals surface area contributed by atoms with E-state index in [4.69, 9.17) is 0 Å². The van der Waals surface area contributed by atoms with Crippen molar-refractivity contribution in [2.45, 2.75) is 33.4 Å². The fourth-order valence-corrected chi connectivity index (χ4v) is 2.13. The Morgan fingerprint density at radius 1 is 1.00 bits per heavy atom. The number of rotatable bonds is 4. The maximum atomic E-state index is 3.58. The lowest BCUT2D eigenvalue weighted by molar-refractivity contribution is 0.573. The zero-order chi connectivity index (χ0) is 13.0. The van der Waals surface area contributed by atoms with E-state index >= 15 is 0 Å². The average molecular weight is 239 g/mol. The van der Waals surface area contributed by atoms with Crippen molar-refractivity contribution >= 4 is 0 Å². The van der Waals surface area contributed by atoms with E-state index in [-0.39, 0.29) is 0 Å². The second-order valence-electron chi connectivity index (χ2n) is 4.94. The molecule has 1 heteroatoms. The monoisotopic (exact) mass is 239 g/mol. The Morgan fingerprint density at radius 3 is 2.50 bits per heavy atom. The predicted molar refractivity (Wildman–Crippen MR) is 77.6 cm³/mol. The van der Waals surface area contributed by atoms with Crippen molar-refractivity contribution in [3.8, 4) is 0 Å². The topological polar surface area (TPSA) is 12.0 Å². The molecule has 0 aliphatic heterocycles. The van der Waals surface area contributed by atoms with E-state index in [1.807, 2.05) is 0 Å². The van der Waals surface area contributed by atoms with Crippen LogP contribution in [0.2, 0.25) is 0 Å². The van der Waals surface area contributed by atoms with E-state index in [0.717, 1.165) is 6.54 Å². The molecule has 0 bridgehead atoms. The third kappa shape index (κ3) is 3.21. The summed E-state index contributed by atoms with van der Waals surface area (Å²) in [5.41, 5.74) is 5.39. The highest BCUT2D eigenvalue weighted by atomic mass is 14.9. The van der Waals surface area contributed by atoms with E-state index in [1.165, 1.54) is 22.3 Å². The molecule has 2 aromatic carbocycles. The van der Waals surface area contributed by atoms with Gasteiger partial charge >= 0.3 is 0 Å². The van der Waals surface area contributed by atoms with Crippen LogP contribution in [0.15, 0.2) is 48.5 Å². The Balaban J connectivity index is 2.00. The van der Waals surface area contributed by atoms with Gasteiger partial charge in [0.1, 0.15) is 0 Å². The quantitative estimate of drug-likeness (QED) is 0.845. The molecule has 2 aromatic rings. The summed E-state index contributed by atoms with van der Waals surface area (Å²) in [5.74, 6) is 0. The first kappa shape index (κ1) is 12.8. The highest BCUT2D eigenvalue weighted by Gasteiger charge is 2.05. The molecule has 0 radical (unpaired) electrons. The first-order chi connectivity index (χ1) is 8.66. The Hall–Kier alpha value is -1.60. The van der Waals surface area contributed by atoms with Gasteiger partial charge < -0.3 is 5.32 Å². The second kappa shape index (κ2) is 5.83. The van der Waals surface area contributed by atoms with Gasteiger partial charge in [0.25, 0.3) is 0 Å². The van der Waals surface area contributed by atoms with Crippen LogP contribution in [-0.2, 0) is 6.54 Å². The van der Waals surface area contributed by atoms with Gasteiger partial charge in [0, 0.05) is 12.6 Å². The van der Waals surface area contributed by atoms with Gasteiger partial charge in [0.05, 0.1) is 0 Å². The summed E-state index contributed by atoms with van der Waals surface area (Å²) in [5, 5.41) is 3.58. The van der Waals surface area contributed by atoms with Crippen molar-refractivity contribution in [3.63, 3.8) is 0 Å². The van der Waals surface area contributed by atoms with Crippen molar-refractivity contribution in [1.82, 2.24) is 5.32 Å². The second-order valence-corrected chi connectivity index (χ2v) is 4.94. The van der Waals surface area contributed by atoms with Gasteiger partial charge in [0.2, 0.25) is 0 Å². The molecule has 1 N–H and O–H groups in total. The average Bonchev–Trinajstić information content (AvgIpc) is 2.37. The molecule has 0 saturated carbocycles. The van der Waals surface area contributed by atoms with Crippen LogP contribution in [0.1, 0.15) is 35.2 Å². The molecule has 0 saturated heterocycles. The van der Waals surface area contributed by atoms with Crippen molar-refractivity contribution in [2.24, 2.45) is 0 Å². The van der Waals surface area contributed by atoms with E-state index in [1.54, 1.807) is 0 Å². The van der Waals surface area contributed by atoms with Crippen molar-refractivity contribution in [1.29, 1.82) is 0 Å². The van der Waals surface area contributed by atoms with Crippen LogP contribution in [-0.4, -0.2) is 0 Å². The van der Waals surface area contributed by atoms with Crippen molar-refractivity contribution in [2.75, 3.05) is 0 Å². The highest BCUT2D eigenvalue weighted by molar-refractivity contribution is 5.27. The molecule has 94 valence electrons. The standard InChI is InChI=1S/C17H21N/c1-13-7-6-10-16(11-13)15(3)18-12-17-9-5-4-8-14(17)2/h4-11,15,18H,12H2,1-3H3. The van der Waals surface area contributed by atoms with Crippen LogP contribution in [0.5, 0.6) is 0 Å². The van der Waals surface area contributed by atoms with Gasteiger partial charge in [-0.3, -0.25) is 0 Å². The van der Waals surface area contributed by atoms with Gasteiger partial charge in [-0.15, -0.1) is 0 Å². The molecular weight excluding hydrogens is 218 g/mol. The van der Waals surface area contributed by atoms with Crippen LogP contribution in [0.25, 0.3) is 0 Å². The van der Waals surface area contributed by atoms with Crippen molar-refractivity contribution < 1.29 is 0 Å². The summed E-state index contributed by atoms with van der Waals surface area (Å²) < 4.78 is 0. The Labute approximate surface area is 110 Å². The Bertz CT molecular complexity index is 517. The minimum absolute atomic E-state index is 0.379. The molecule has 0 amide bonds. The number of aryl methyl sites for hydroxylation is 2. The van der Waals surface area contributed by atoms with E-state index in [2.05, 4.69) is 74.6 Å². The molecule has 0 aliphatic carbocycles. The van der Waals surface area contributed by atoms with E-state index in [9.17, 15) is 0 Å². The van der Waals surface area contributed by atoms with E-state index < -0.39 is 0 Å². The fourth-order valence-electron chi connectivity index (χ4n) is 2.13.